The fourth-order valence-corrected chi connectivity index (χ4v) is 2.37. The average Bonchev–Trinajstić information content (AvgIpc) is 2.51. The minimum atomic E-state index is -2.03. The van der Waals surface area contributed by atoms with Gasteiger partial charge in [0.1, 0.15) is 12.7 Å². The number of rotatable bonds is 7. The van der Waals surface area contributed by atoms with Crippen LogP contribution < -0.4 is 11.1 Å². The van der Waals surface area contributed by atoms with Gasteiger partial charge in [-0.15, -0.1) is 0 Å². The highest BCUT2D eigenvalue weighted by atomic mass is 19.1. The molecule has 1 aliphatic heterocycles. The molecule has 0 unspecified atom stereocenters. The lowest BCUT2D eigenvalue weighted by atomic mass is 9.98. The van der Waals surface area contributed by atoms with Gasteiger partial charge in [0.05, 0.1) is 0 Å². The summed E-state index contributed by atoms with van der Waals surface area (Å²) in [6, 6.07) is 0. The van der Waals surface area contributed by atoms with Crippen molar-refractivity contribution >= 4 is 23.8 Å². The normalized spacial score (nSPS) is 28.0. The summed E-state index contributed by atoms with van der Waals surface area (Å²) in [7, 11) is 0. The molecule has 0 spiro atoms. The van der Waals surface area contributed by atoms with Crippen LogP contribution in [0.2, 0.25) is 0 Å². The molecule has 0 radical (unpaired) electrons. The fourth-order valence-electron chi connectivity index (χ4n) is 2.37. The Hall–Kier alpha value is -2.27. The Morgan fingerprint density at radius 3 is 2.12 bits per heavy atom. The third kappa shape index (κ3) is 6.56. The van der Waals surface area contributed by atoms with Crippen LogP contribution in [0.4, 0.5) is 4.39 Å². The maximum Gasteiger partial charge on any atom is 0.303 e. The number of carbonyl (C=O) groups excluding carboxylic acids is 4. The Morgan fingerprint density at radius 2 is 1.62 bits per heavy atom. The maximum atomic E-state index is 14.8. The first-order valence-corrected chi connectivity index (χ1v) is 7.92. The van der Waals surface area contributed by atoms with Gasteiger partial charge in [-0.1, -0.05) is 0 Å². The molecule has 0 aromatic heterocycles. The third-order valence-electron chi connectivity index (χ3n) is 3.34. The van der Waals surface area contributed by atoms with E-state index in [4.69, 9.17) is 24.7 Å². The van der Waals surface area contributed by atoms with E-state index < -0.39 is 61.1 Å². The molecule has 1 amide bonds. The van der Waals surface area contributed by atoms with Gasteiger partial charge in [0, 0.05) is 33.7 Å². The van der Waals surface area contributed by atoms with Crippen molar-refractivity contribution in [2.45, 2.75) is 57.9 Å². The predicted molar refractivity (Wildman–Crippen MR) is 83.1 cm³/mol. The highest BCUT2D eigenvalue weighted by molar-refractivity contribution is 5.76. The molecule has 1 aliphatic rings. The van der Waals surface area contributed by atoms with Gasteiger partial charge in [-0.3, -0.25) is 19.2 Å². The number of nitrogens with two attached hydrogens (primary N) is 1. The number of hydrogen-bond donors (Lipinski definition) is 2. The molecule has 11 heteroatoms. The summed E-state index contributed by atoms with van der Waals surface area (Å²) >= 11 is 0. The zero-order valence-corrected chi connectivity index (χ0v) is 14.7. The van der Waals surface area contributed by atoms with Crippen molar-refractivity contribution in [1.29, 1.82) is 0 Å². The Balaban J connectivity index is 3.07. The molecule has 0 aromatic carbocycles. The SMILES string of the molecule is CC(=O)OC[C@H]1O[C@@H](NC(=O)CCN)[C@@H](F)[C@@H](OC(C)=O)[C@@H]1OC(C)=O. The molecule has 10 nitrogen and oxygen atoms in total. The van der Waals surface area contributed by atoms with Crippen LogP contribution in [0.3, 0.4) is 0 Å². The molecule has 0 bridgehead atoms. The van der Waals surface area contributed by atoms with Gasteiger partial charge in [0.25, 0.3) is 0 Å². The van der Waals surface area contributed by atoms with Gasteiger partial charge in [-0.25, -0.2) is 4.39 Å². The summed E-state index contributed by atoms with van der Waals surface area (Å²) < 4.78 is 35.0. The monoisotopic (exact) mass is 378 g/mol. The summed E-state index contributed by atoms with van der Waals surface area (Å²) in [5.74, 6) is -2.83. The quantitative estimate of drug-likeness (QED) is 0.418. The Morgan fingerprint density at radius 1 is 1.04 bits per heavy atom. The molecule has 0 saturated carbocycles. The van der Waals surface area contributed by atoms with Gasteiger partial charge in [0.2, 0.25) is 5.91 Å². The van der Waals surface area contributed by atoms with Gasteiger partial charge in [-0.2, -0.15) is 0 Å². The van der Waals surface area contributed by atoms with Crippen LogP contribution >= 0.6 is 0 Å². The van der Waals surface area contributed by atoms with E-state index in [-0.39, 0.29) is 13.0 Å². The number of ether oxygens (including phenoxy) is 4. The zero-order chi connectivity index (χ0) is 19.9. The van der Waals surface area contributed by atoms with Gasteiger partial charge < -0.3 is 30.0 Å². The lowest BCUT2D eigenvalue weighted by Crippen LogP contribution is -2.64. The summed E-state index contributed by atoms with van der Waals surface area (Å²) in [4.78, 5) is 45.4. The van der Waals surface area contributed by atoms with Crippen LogP contribution in [0.15, 0.2) is 0 Å². The van der Waals surface area contributed by atoms with Crippen molar-refractivity contribution in [3.63, 3.8) is 0 Å². The fraction of sp³-hybridized carbons (Fsp3) is 0.733. The molecule has 1 saturated heterocycles. The summed E-state index contributed by atoms with van der Waals surface area (Å²) in [6.07, 6.45) is -7.71. The first-order chi connectivity index (χ1) is 12.1. The van der Waals surface area contributed by atoms with Crippen molar-refractivity contribution in [2.75, 3.05) is 13.2 Å². The molecule has 26 heavy (non-hydrogen) atoms. The lowest BCUT2D eigenvalue weighted by molar-refractivity contribution is -0.239. The molecule has 1 heterocycles. The maximum absolute atomic E-state index is 14.8. The van der Waals surface area contributed by atoms with Gasteiger partial charge in [-0.05, 0) is 0 Å². The molecule has 1 fully saturated rings. The highest BCUT2D eigenvalue weighted by Gasteiger charge is 2.51. The topological polar surface area (TPSA) is 143 Å². The van der Waals surface area contributed by atoms with Crippen LogP contribution in [-0.2, 0) is 38.1 Å². The second kappa shape index (κ2) is 10.0. The van der Waals surface area contributed by atoms with E-state index in [1.165, 1.54) is 0 Å². The van der Waals surface area contributed by atoms with E-state index in [0.717, 1.165) is 20.8 Å². The molecule has 1 rings (SSSR count). The molecular formula is C15H23FN2O8. The number of alkyl halides is 1. The number of halogens is 1. The Labute approximate surface area is 149 Å². The zero-order valence-electron chi connectivity index (χ0n) is 14.7. The predicted octanol–water partition coefficient (Wildman–Crippen LogP) is -1.06. The number of nitrogens with one attached hydrogen (secondary N) is 1. The summed E-state index contributed by atoms with van der Waals surface area (Å²) in [5, 5.41) is 2.28. The van der Waals surface area contributed by atoms with Crippen molar-refractivity contribution in [2.24, 2.45) is 5.73 Å². The minimum absolute atomic E-state index is 0.0375. The highest BCUT2D eigenvalue weighted by Crippen LogP contribution is 2.28. The largest absolute Gasteiger partial charge is 0.463 e. The van der Waals surface area contributed by atoms with E-state index in [1.807, 2.05) is 0 Å². The first-order valence-electron chi connectivity index (χ1n) is 7.92. The average molecular weight is 378 g/mol. The number of amides is 1. The first kappa shape index (κ1) is 21.8. The van der Waals surface area contributed by atoms with Crippen LogP contribution in [0.25, 0.3) is 0 Å². The summed E-state index contributed by atoms with van der Waals surface area (Å²) in [6.45, 7) is 2.91. The number of hydrogen-bond acceptors (Lipinski definition) is 9. The summed E-state index contributed by atoms with van der Waals surface area (Å²) in [5.41, 5.74) is 5.27. The molecule has 3 N–H and O–H groups in total. The van der Waals surface area contributed by atoms with Crippen molar-refractivity contribution < 1.29 is 42.5 Å². The van der Waals surface area contributed by atoms with Crippen molar-refractivity contribution in [1.82, 2.24) is 5.32 Å². The van der Waals surface area contributed by atoms with Crippen LogP contribution in [-0.4, -0.2) is 67.7 Å². The second-order valence-corrected chi connectivity index (χ2v) is 5.60. The van der Waals surface area contributed by atoms with E-state index in [2.05, 4.69) is 5.32 Å². The molecule has 0 aromatic rings. The minimum Gasteiger partial charge on any atom is -0.463 e. The van der Waals surface area contributed by atoms with Crippen molar-refractivity contribution in [3.8, 4) is 0 Å². The van der Waals surface area contributed by atoms with Gasteiger partial charge in [0.15, 0.2) is 24.6 Å². The molecule has 5 atom stereocenters. The van der Waals surface area contributed by atoms with Crippen LogP contribution in [0.5, 0.6) is 0 Å². The second-order valence-electron chi connectivity index (χ2n) is 5.60. The Bertz CT molecular complexity index is 544. The molecule has 0 aliphatic carbocycles. The van der Waals surface area contributed by atoms with E-state index >= 15 is 0 Å². The smallest absolute Gasteiger partial charge is 0.303 e. The number of esters is 3. The number of carbonyl (C=O) groups is 4. The Kier molecular flexibility index (Phi) is 8.39. The van der Waals surface area contributed by atoms with Crippen molar-refractivity contribution in [3.05, 3.63) is 0 Å². The van der Waals surface area contributed by atoms with E-state index in [0.29, 0.717) is 0 Å². The van der Waals surface area contributed by atoms with E-state index in [1.54, 1.807) is 0 Å². The molecule has 148 valence electrons. The van der Waals surface area contributed by atoms with Gasteiger partial charge >= 0.3 is 17.9 Å². The van der Waals surface area contributed by atoms with Crippen LogP contribution in [0.1, 0.15) is 27.2 Å². The third-order valence-corrected chi connectivity index (χ3v) is 3.34. The molecular weight excluding hydrogens is 355 g/mol. The lowest BCUT2D eigenvalue weighted by Gasteiger charge is -2.42. The van der Waals surface area contributed by atoms with E-state index in [9.17, 15) is 23.6 Å². The standard InChI is InChI=1S/C15H23FN2O8/c1-7(19)23-6-10-13(24-8(2)20)14(25-9(3)21)12(16)15(26-10)18-11(22)4-5-17/h10,12-15H,4-6,17H2,1-3H3,(H,18,22)/t10-,12+,13-,14-,15-/m1/s1. The van der Waals surface area contributed by atoms with Crippen LogP contribution in [0, 0.1) is 0 Å².